The van der Waals surface area contributed by atoms with Gasteiger partial charge in [-0.15, -0.1) is 0 Å². The molecule has 24 heavy (non-hydrogen) atoms. The maximum absolute atomic E-state index is 11.8. The molecule has 2 aliphatic rings. The van der Waals surface area contributed by atoms with Gasteiger partial charge in [-0.05, 0) is 59.7 Å². The van der Waals surface area contributed by atoms with Gasteiger partial charge in [0.05, 0.1) is 7.11 Å². The Labute approximate surface area is 142 Å². The zero-order chi connectivity index (χ0) is 16.7. The number of carbonyl (C=O) groups excluding carboxylic acids is 1. The number of hydrogen-bond donors (Lipinski definition) is 0. The predicted octanol–water partition coefficient (Wildman–Crippen LogP) is 5.05. The Hall–Kier alpha value is -2.29. The molecule has 2 aromatic carbocycles. The number of rotatable bonds is 3. The maximum Gasteiger partial charge on any atom is 0.303 e. The topological polar surface area (TPSA) is 35.5 Å². The smallest absolute Gasteiger partial charge is 0.303 e. The number of benzene rings is 2. The van der Waals surface area contributed by atoms with Crippen LogP contribution in [0.15, 0.2) is 24.3 Å². The van der Waals surface area contributed by atoms with Gasteiger partial charge in [0.1, 0.15) is 11.4 Å². The molecule has 0 unspecified atom stereocenters. The molecule has 0 atom stereocenters. The molecule has 2 aromatic rings. The molecule has 124 valence electrons. The lowest BCUT2D eigenvalue weighted by Crippen LogP contribution is -2.34. The summed E-state index contributed by atoms with van der Waals surface area (Å²) in [5, 5.41) is 2.39. The highest BCUT2D eigenvalue weighted by Crippen LogP contribution is 2.46. The van der Waals surface area contributed by atoms with Gasteiger partial charge < -0.3 is 9.47 Å². The van der Waals surface area contributed by atoms with Crippen LogP contribution in [0.5, 0.6) is 5.75 Å². The lowest BCUT2D eigenvalue weighted by molar-refractivity contribution is -0.162. The van der Waals surface area contributed by atoms with Crippen LogP contribution < -0.4 is 4.74 Å². The van der Waals surface area contributed by atoms with Crippen molar-refractivity contribution in [1.82, 2.24) is 0 Å². The quantitative estimate of drug-likeness (QED) is 0.633. The fourth-order valence-corrected chi connectivity index (χ4v) is 4.31. The van der Waals surface area contributed by atoms with Gasteiger partial charge in [-0.25, -0.2) is 0 Å². The largest absolute Gasteiger partial charge is 0.497 e. The van der Waals surface area contributed by atoms with E-state index in [1.54, 1.807) is 7.11 Å². The number of hydrogen-bond acceptors (Lipinski definition) is 3. The molecule has 0 bridgehead atoms. The van der Waals surface area contributed by atoms with Crippen LogP contribution in [0.25, 0.3) is 22.9 Å². The SMILES string of the molecule is COc1cc2c3c(ccc(C4(OC(C)=O)CCCCC4)c3c1)C=C2. The first kappa shape index (κ1) is 15.3. The minimum atomic E-state index is -0.505. The van der Waals surface area contributed by atoms with E-state index in [0.29, 0.717) is 0 Å². The van der Waals surface area contributed by atoms with E-state index in [1.165, 1.54) is 29.9 Å². The molecule has 0 amide bonds. The van der Waals surface area contributed by atoms with Gasteiger partial charge in [-0.1, -0.05) is 30.7 Å². The molecule has 3 heteroatoms. The van der Waals surface area contributed by atoms with E-state index in [-0.39, 0.29) is 5.97 Å². The van der Waals surface area contributed by atoms with Crippen LogP contribution >= 0.6 is 0 Å². The second-order valence-corrected chi connectivity index (χ2v) is 6.82. The molecular weight excluding hydrogens is 300 g/mol. The van der Waals surface area contributed by atoms with Gasteiger partial charge in [0.2, 0.25) is 0 Å². The van der Waals surface area contributed by atoms with Crippen molar-refractivity contribution in [1.29, 1.82) is 0 Å². The van der Waals surface area contributed by atoms with Crippen molar-refractivity contribution in [2.75, 3.05) is 7.11 Å². The molecular formula is C21H22O3. The molecule has 4 rings (SSSR count). The van der Waals surface area contributed by atoms with E-state index in [4.69, 9.17) is 9.47 Å². The van der Waals surface area contributed by atoms with Crippen molar-refractivity contribution in [3.05, 3.63) is 41.0 Å². The molecule has 0 heterocycles. The summed E-state index contributed by atoms with van der Waals surface area (Å²) in [6.07, 6.45) is 9.43. The van der Waals surface area contributed by atoms with E-state index >= 15 is 0 Å². The highest BCUT2D eigenvalue weighted by Gasteiger charge is 2.38. The molecule has 2 aliphatic carbocycles. The first-order chi connectivity index (χ1) is 11.6. The molecule has 3 nitrogen and oxygen atoms in total. The highest BCUT2D eigenvalue weighted by molar-refractivity contribution is 6.07. The van der Waals surface area contributed by atoms with Crippen molar-refractivity contribution < 1.29 is 14.3 Å². The van der Waals surface area contributed by atoms with Gasteiger partial charge in [-0.3, -0.25) is 4.79 Å². The van der Waals surface area contributed by atoms with Gasteiger partial charge >= 0.3 is 5.97 Å². The number of esters is 1. The van der Waals surface area contributed by atoms with Crippen LogP contribution in [0, 0.1) is 0 Å². The molecule has 0 aliphatic heterocycles. The summed E-state index contributed by atoms with van der Waals surface area (Å²) in [4.78, 5) is 11.8. The van der Waals surface area contributed by atoms with Crippen LogP contribution in [0.1, 0.15) is 55.7 Å². The number of methoxy groups -OCH3 is 1. The molecule has 0 N–H and O–H groups in total. The summed E-state index contributed by atoms with van der Waals surface area (Å²) in [5.74, 6) is 0.640. The minimum absolute atomic E-state index is 0.203. The fraction of sp³-hybridized carbons (Fsp3) is 0.381. The van der Waals surface area contributed by atoms with Gasteiger partial charge in [0.25, 0.3) is 0 Å². The molecule has 0 saturated heterocycles. The van der Waals surface area contributed by atoms with Gasteiger partial charge in [0.15, 0.2) is 0 Å². The highest BCUT2D eigenvalue weighted by atomic mass is 16.6. The van der Waals surface area contributed by atoms with Gasteiger partial charge in [0, 0.05) is 12.5 Å². The molecule has 0 aromatic heterocycles. The van der Waals surface area contributed by atoms with Crippen molar-refractivity contribution >= 4 is 28.9 Å². The monoisotopic (exact) mass is 322 g/mol. The molecule has 0 radical (unpaired) electrons. The average Bonchev–Trinajstić information content (AvgIpc) is 2.99. The lowest BCUT2D eigenvalue weighted by atomic mass is 9.77. The van der Waals surface area contributed by atoms with Crippen LogP contribution in [0.3, 0.4) is 0 Å². The molecule has 0 spiro atoms. The van der Waals surface area contributed by atoms with E-state index in [0.717, 1.165) is 42.4 Å². The molecule has 1 saturated carbocycles. The lowest BCUT2D eigenvalue weighted by Gasteiger charge is -2.38. The van der Waals surface area contributed by atoms with Crippen molar-refractivity contribution in [2.45, 2.75) is 44.6 Å². The second-order valence-electron chi connectivity index (χ2n) is 6.82. The van der Waals surface area contributed by atoms with E-state index in [1.807, 2.05) is 0 Å². The first-order valence-corrected chi connectivity index (χ1v) is 8.66. The Morgan fingerprint density at radius 3 is 2.50 bits per heavy atom. The van der Waals surface area contributed by atoms with E-state index in [2.05, 4.69) is 36.4 Å². The van der Waals surface area contributed by atoms with Crippen molar-refractivity contribution in [3.63, 3.8) is 0 Å². The standard InChI is InChI=1S/C21H22O3/c1-14(22)24-21(10-4-3-5-11-21)19-9-8-15-6-7-16-12-17(23-2)13-18(19)20(15)16/h6-9,12-13H,3-5,10-11H2,1-2H3. The van der Waals surface area contributed by atoms with E-state index in [9.17, 15) is 4.79 Å². The zero-order valence-electron chi connectivity index (χ0n) is 14.2. The van der Waals surface area contributed by atoms with Gasteiger partial charge in [-0.2, -0.15) is 0 Å². The van der Waals surface area contributed by atoms with Crippen molar-refractivity contribution in [3.8, 4) is 5.75 Å². The van der Waals surface area contributed by atoms with Crippen LogP contribution in [-0.2, 0) is 15.1 Å². The predicted molar refractivity (Wildman–Crippen MR) is 96.0 cm³/mol. The Bertz CT molecular complexity index is 842. The third-order valence-electron chi connectivity index (χ3n) is 5.32. The minimum Gasteiger partial charge on any atom is -0.497 e. The summed E-state index contributed by atoms with van der Waals surface area (Å²) < 4.78 is 11.4. The Morgan fingerprint density at radius 2 is 1.79 bits per heavy atom. The molecule has 1 fully saturated rings. The normalized spacial score (nSPS) is 17.9. The summed E-state index contributed by atoms with van der Waals surface area (Å²) in [7, 11) is 1.69. The average molecular weight is 322 g/mol. The Kier molecular flexibility index (Phi) is 3.60. The summed E-state index contributed by atoms with van der Waals surface area (Å²) in [6, 6.07) is 8.45. The van der Waals surface area contributed by atoms with Crippen LogP contribution in [-0.4, -0.2) is 13.1 Å². The third-order valence-corrected chi connectivity index (χ3v) is 5.32. The second kappa shape index (κ2) is 5.66. The number of ether oxygens (including phenoxy) is 2. The Balaban J connectivity index is 1.97. The third kappa shape index (κ3) is 2.31. The Morgan fingerprint density at radius 1 is 1.04 bits per heavy atom. The zero-order valence-corrected chi connectivity index (χ0v) is 14.2. The van der Waals surface area contributed by atoms with Crippen LogP contribution in [0.4, 0.5) is 0 Å². The summed E-state index contributed by atoms with van der Waals surface area (Å²) >= 11 is 0. The summed E-state index contributed by atoms with van der Waals surface area (Å²) in [5.41, 5.74) is 3.02. The van der Waals surface area contributed by atoms with E-state index < -0.39 is 5.60 Å². The fourth-order valence-electron chi connectivity index (χ4n) is 4.31. The summed E-state index contributed by atoms with van der Waals surface area (Å²) in [6.45, 7) is 1.51. The van der Waals surface area contributed by atoms with Crippen LogP contribution in [0.2, 0.25) is 0 Å². The maximum atomic E-state index is 11.8. The van der Waals surface area contributed by atoms with Crippen molar-refractivity contribution in [2.24, 2.45) is 0 Å². The number of carbonyl (C=O) groups is 1. The first-order valence-electron chi connectivity index (χ1n) is 8.66.